The minimum atomic E-state index is -0.470. The van der Waals surface area contributed by atoms with Crippen molar-refractivity contribution in [1.82, 2.24) is 0 Å². The van der Waals surface area contributed by atoms with Gasteiger partial charge in [0.25, 0.3) is 0 Å². The van der Waals surface area contributed by atoms with Crippen LogP contribution in [0.1, 0.15) is 47.0 Å². The lowest BCUT2D eigenvalue weighted by Crippen LogP contribution is -2.50. The molecule has 0 aromatic carbocycles. The zero-order valence-corrected chi connectivity index (χ0v) is 10.2. The molecular weight excluding hydrogens is 188 g/mol. The molecule has 2 fully saturated rings. The molecule has 0 aromatic rings. The highest BCUT2D eigenvalue weighted by Crippen LogP contribution is 2.66. The Balaban J connectivity index is 2.33. The molecule has 0 spiro atoms. The maximum atomic E-state index is 10.3. The van der Waals surface area contributed by atoms with Gasteiger partial charge in [0.2, 0.25) is 0 Å². The van der Waals surface area contributed by atoms with Crippen LogP contribution >= 0.6 is 0 Å². The van der Waals surface area contributed by atoms with E-state index in [0.29, 0.717) is 0 Å². The van der Waals surface area contributed by atoms with Gasteiger partial charge in [0.05, 0.1) is 5.60 Å². The minimum absolute atomic E-state index is 0.0684. The molecule has 2 rings (SSSR count). The second-order valence-electron chi connectivity index (χ2n) is 5.78. The molecular formula is C13H22O2. The Labute approximate surface area is 92.3 Å². The van der Waals surface area contributed by atoms with Crippen molar-refractivity contribution in [2.24, 2.45) is 5.41 Å². The standard InChI is InChI=1S/C13H22O2/c1-5-7-10(14)13-11(2,3)8-6-9-12(13,4)15-13/h5,7,10,14H,6,8-9H2,1-4H3. The van der Waals surface area contributed by atoms with Gasteiger partial charge in [-0.2, -0.15) is 0 Å². The van der Waals surface area contributed by atoms with Crippen LogP contribution in [0.25, 0.3) is 0 Å². The van der Waals surface area contributed by atoms with Gasteiger partial charge in [-0.15, -0.1) is 0 Å². The topological polar surface area (TPSA) is 32.8 Å². The molecule has 1 N–H and O–H groups in total. The Morgan fingerprint density at radius 3 is 2.47 bits per heavy atom. The Morgan fingerprint density at radius 2 is 1.93 bits per heavy atom. The summed E-state index contributed by atoms with van der Waals surface area (Å²) in [6.07, 6.45) is 6.71. The number of hydrogen-bond acceptors (Lipinski definition) is 2. The lowest BCUT2D eigenvalue weighted by molar-refractivity contribution is 0.0185. The van der Waals surface area contributed by atoms with Crippen LogP contribution < -0.4 is 0 Å². The van der Waals surface area contributed by atoms with Crippen molar-refractivity contribution >= 4 is 0 Å². The second kappa shape index (κ2) is 3.08. The van der Waals surface area contributed by atoms with Gasteiger partial charge in [-0.1, -0.05) is 26.0 Å². The van der Waals surface area contributed by atoms with Crippen LogP contribution in [0.15, 0.2) is 12.2 Å². The summed E-state index contributed by atoms with van der Waals surface area (Å²) in [4.78, 5) is 0. The van der Waals surface area contributed by atoms with Crippen molar-refractivity contribution in [3.05, 3.63) is 12.2 Å². The fourth-order valence-electron chi connectivity index (χ4n) is 3.57. The molecule has 0 radical (unpaired) electrons. The summed E-state index contributed by atoms with van der Waals surface area (Å²) in [5.41, 5.74) is -0.378. The van der Waals surface area contributed by atoms with E-state index >= 15 is 0 Å². The third kappa shape index (κ3) is 1.24. The van der Waals surface area contributed by atoms with Gasteiger partial charge in [0.1, 0.15) is 11.7 Å². The first kappa shape index (κ1) is 11.2. The summed E-state index contributed by atoms with van der Waals surface area (Å²) in [7, 11) is 0. The average molecular weight is 210 g/mol. The molecule has 0 amide bonds. The predicted molar refractivity (Wildman–Crippen MR) is 60.7 cm³/mol. The Hall–Kier alpha value is -0.340. The molecule has 1 aliphatic heterocycles. The van der Waals surface area contributed by atoms with Gasteiger partial charge in [0.15, 0.2) is 0 Å². The summed E-state index contributed by atoms with van der Waals surface area (Å²) in [6.45, 7) is 8.50. The monoisotopic (exact) mass is 210 g/mol. The van der Waals surface area contributed by atoms with Crippen LogP contribution in [0.3, 0.4) is 0 Å². The Morgan fingerprint density at radius 1 is 1.27 bits per heavy atom. The summed E-state index contributed by atoms with van der Waals surface area (Å²) >= 11 is 0. The normalized spacial score (nSPS) is 45.1. The maximum absolute atomic E-state index is 10.3. The van der Waals surface area contributed by atoms with E-state index in [2.05, 4.69) is 20.8 Å². The van der Waals surface area contributed by atoms with E-state index in [-0.39, 0.29) is 16.6 Å². The van der Waals surface area contributed by atoms with Gasteiger partial charge >= 0.3 is 0 Å². The van der Waals surface area contributed by atoms with Crippen LogP contribution in [-0.4, -0.2) is 22.4 Å². The molecule has 86 valence electrons. The van der Waals surface area contributed by atoms with Crippen molar-refractivity contribution in [3.63, 3.8) is 0 Å². The molecule has 3 unspecified atom stereocenters. The van der Waals surface area contributed by atoms with Crippen LogP contribution in [0.4, 0.5) is 0 Å². The van der Waals surface area contributed by atoms with Crippen molar-refractivity contribution in [2.75, 3.05) is 0 Å². The number of rotatable bonds is 2. The van der Waals surface area contributed by atoms with Gasteiger partial charge in [-0.3, -0.25) is 0 Å². The van der Waals surface area contributed by atoms with Gasteiger partial charge in [-0.25, -0.2) is 0 Å². The first-order valence-corrected chi connectivity index (χ1v) is 5.91. The summed E-state index contributed by atoms with van der Waals surface area (Å²) in [5, 5.41) is 10.3. The lowest BCUT2D eigenvalue weighted by Gasteiger charge is -2.40. The van der Waals surface area contributed by atoms with E-state index in [4.69, 9.17) is 4.74 Å². The average Bonchev–Trinajstić information content (AvgIpc) is 2.75. The number of allylic oxidation sites excluding steroid dienone is 1. The van der Waals surface area contributed by atoms with Crippen LogP contribution in [0, 0.1) is 5.41 Å². The van der Waals surface area contributed by atoms with E-state index in [1.807, 2.05) is 19.1 Å². The lowest BCUT2D eigenvalue weighted by atomic mass is 9.62. The molecule has 2 nitrogen and oxygen atoms in total. The van der Waals surface area contributed by atoms with Crippen molar-refractivity contribution in [2.45, 2.75) is 64.3 Å². The minimum Gasteiger partial charge on any atom is -0.386 e. The second-order valence-corrected chi connectivity index (χ2v) is 5.78. The number of fused-ring (bicyclic) bond motifs is 1. The zero-order chi connectivity index (χ0) is 11.3. The molecule has 15 heavy (non-hydrogen) atoms. The summed E-state index contributed by atoms with van der Waals surface area (Å²) < 4.78 is 5.98. The third-order valence-corrected chi connectivity index (χ3v) is 4.38. The Bertz CT molecular complexity index is 295. The molecule has 1 saturated carbocycles. The highest BCUT2D eigenvalue weighted by Gasteiger charge is 2.77. The highest BCUT2D eigenvalue weighted by atomic mass is 16.6. The largest absolute Gasteiger partial charge is 0.386 e. The van der Waals surface area contributed by atoms with E-state index < -0.39 is 6.10 Å². The number of ether oxygens (including phenoxy) is 1. The van der Waals surface area contributed by atoms with Crippen molar-refractivity contribution in [1.29, 1.82) is 0 Å². The molecule has 0 aromatic heterocycles. The van der Waals surface area contributed by atoms with Gasteiger partial charge in [-0.05, 0) is 38.5 Å². The molecule has 0 bridgehead atoms. The fourth-order valence-corrected chi connectivity index (χ4v) is 3.57. The number of hydrogen-bond donors (Lipinski definition) is 1. The van der Waals surface area contributed by atoms with Crippen molar-refractivity contribution < 1.29 is 9.84 Å². The van der Waals surface area contributed by atoms with E-state index in [1.165, 1.54) is 6.42 Å². The SMILES string of the molecule is CC=CC(O)C12OC1(C)CCCC2(C)C. The molecule has 2 aliphatic rings. The quantitative estimate of drug-likeness (QED) is 0.561. The number of aliphatic hydroxyl groups excluding tert-OH is 1. The van der Waals surface area contributed by atoms with Crippen molar-refractivity contribution in [3.8, 4) is 0 Å². The first-order chi connectivity index (χ1) is 6.90. The van der Waals surface area contributed by atoms with Gasteiger partial charge < -0.3 is 9.84 Å². The number of epoxide rings is 1. The molecule has 1 heterocycles. The van der Waals surface area contributed by atoms with E-state index in [1.54, 1.807) is 0 Å². The van der Waals surface area contributed by atoms with Gasteiger partial charge in [0, 0.05) is 0 Å². The maximum Gasteiger partial charge on any atom is 0.132 e. The third-order valence-electron chi connectivity index (χ3n) is 4.38. The molecule has 3 atom stereocenters. The molecule has 1 saturated heterocycles. The number of aliphatic hydroxyl groups is 1. The predicted octanol–water partition coefficient (Wildman–Crippen LogP) is 2.66. The van der Waals surface area contributed by atoms with E-state index in [0.717, 1.165) is 12.8 Å². The Kier molecular flexibility index (Phi) is 2.29. The first-order valence-electron chi connectivity index (χ1n) is 5.91. The molecule has 1 aliphatic carbocycles. The molecule has 2 heteroatoms. The fraction of sp³-hybridized carbons (Fsp3) is 0.846. The highest BCUT2D eigenvalue weighted by molar-refractivity contribution is 5.28. The van der Waals surface area contributed by atoms with Crippen LogP contribution in [0.2, 0.25) is 0 Å². The zero-order valence-electron chi connectivity index (χ0n) is 10.2. The summed E-state index contributed by atoms with van der Waals surface area (Å²) in [6, 6.07) is 0. The summed E-state index contributed by atoms with van der Waals surface area (Å²) in [5.74, 6) is 0. The van der Waals surface area contributed by atoms with Crippen LogP contribution in [0.5, 0.6) is 0 Å². The van der Waals surface area contributed by atoms with E-state index in [9.17, 15) is 5.11 Å². The smallest absolute Gasteiger partial charge is 0.132 e. The van der Waals surface area contributed by atoms with Crippen LogP contribution in [-0.2, 0) is 4.74 Å².